The highest BCUT2D eigenvalue weighted by molar-refractivity contribution is 5.97. The summed E-state index contributed by atoms with van der Waals surface area (Å²) in [5.74, 6) is 0.00650. The van der Waals surface area contributed by atoms with Gasteiger partial charge in [0.05, 0.1) is 18.2 Å². The van der Waals surface area contributed by atoms with Crippen LogP contribution in [0.15, 0.2) is 24.3 Å². The van der Waals surface area contributed by atoms with Gasteiger partial charge in [-0.15, -0.1) is 0 Å². The third kappa shape index (κ3) is 3.84. The van der Waals surface area contributed by atoms with Crippen molar-refractivity contribution < 1.29 is 4.79 Å². The lowest BCUT2D eigenvalue weighted by Crippen LogP contribution is -2.39. The van der Waals surface area contributed by atoms with E-state index in [0.717, 1.165) is 0 Å². The van der Waals surface area contributed by atoms with Crippen LogP contribution in [0.3, 0.4) is 0 Å². The SMILES string of the molecule is CC(C)(C)NCC(=O)c1cccc(C#N)c1. The number of ketones is 1. The maximum Gasteiger partial charge on any atom is 0.176 e. The van der Waals surface area contributed by atoms with E-state index in [0.29, 0.717) is 17.7 Å². The van der Waals surface area contributed by atoms with E-state index < -0.39 is 0 Å². The fourth-order valence-corrected chi connectivity index (χ4v) is 1.21. The van der Waals surface area contributed by atoms with E-state index >= 15 is 0 Å². The number of hydrogen-bond acceptors (Lipinski definition) is 3. The Bertz CT molecular complexity index is 424. The summed E-state index contributed by atoms with van der Waals surface area (Å²) in [6.45, 7) is 6.31. The van der Waals surface area contributed by atoms with Gasteiger partial charge in [-0.25, -0.2) is 0 Å². The summed E-state index contributed by atoms with van der Waals surface area (Å²) in [4.78, 5) is 11.8. The zero-order valence-electron chi connectivity index (χ0n) is 9.87. The molecule has 3 heteroatoms. The predicted molar refractivity (Wildman–Crippen MR) is 63.2 cm³/mol. The quantitative estimate of drug-likeness (QED) is 0.787. The van der Waals surface area contributed by atoms with Crippen molar-refractivity contribution in [2.45, 2.75) is 26.3 Å². The second-order valence-corrected chi connectivity index (χ2v) is 4.72. The van der Waals surface area contributed by atoms with Crippen molar-refractivity contribution in [1.82, 2.24) is 5.32 Å². The third-order valence-electron chi connectivity index (χ3n) is 2.09. The zero-order chi connectivity index (χ0) is 12.2. The molecule has 0 aliphatic heterocycles. The highest BCUT2D eigenvalue weighted by Crippen LogP contribution is 2.06. The lowest BCUT2D eigenvalue weighted by atomic mass is 10.1. The maximum atomic E-state index is 11.8. The molecule has 0 heterocycles. The Hall–Kier alpha value is -1.66. The molecule has 0 atom stereocenters. The van der Waals surface area contributed by atoms with E-state index in [1.54, 1.807) is 24.3 Å². The van der Waals surface area contributed by atoms with Crippen molar-refractivity contribution in [3.05, 3.63) is 35.4 Å². The fraction of sp³-hybridized carbons (Fsp3) is 0.385. The topological polar surface area (TPSA) is 52.9 Å². The molecule has 1 aromatic carbocycles. The van der Waals surface area contributed by atoms with Gasteiger partial charge in [0.2, 0.25) is 0 Å². The molecule has 0 aliphatic rings. The van der Waals surface area contributed by atoms with Gasteiger partial charge in [-0.05, 0) is 32.9 Å². The fourth-order valence-electron chi connectivity index (χ4n) is 1.21. The van der Waals surface area contributed by atoms with Crippen LogP contribution >= 0.6 is 0 Å². The molecule has 84 valence electrons. The number of carbonyl (C=O) groups excluding carboxylic acids is 1. The minimum absolute atomic E-state index is 0.00650. The third-order valence-corrected chi connectivity index (χ3v) is 2.09. The molecule has 0 bridgehead atoms. The van der Waals surface area contributed by atoms with Crippen molar-refractivity contribution in [2.24, 2.45) is 0 Å². The number of nitrogens with one attached hydrogen (secondary N) is 1. The molecule has 0 aromatic heterocycles. The number of nitriles is 1. The van der Waals surface area contributed by atoms with E-state index in [-0.39, 0.29) is 11.3 Å². The molecule has 1 aromatic rings. The van der Waals surface area contributed by atoms with Gasteiger partial charge in [0, 0.05) is 11.1 Å². The first-order chi connectivity index (χ1) is 7.42. The molecule has 0 fully saturated rings. The van der Waals surface area contributed by atoms with Crippen LogP contribution in [0.25, 0.3) is 0 Å². The Kier molecular flexibility index (Phi) is 3.81. The van der Waals surface area contributed by atoms with Crippen LogP contribution in [0.2, 0.25) is 0 Å². The van der Waals surface area contributed by atoms with E-state index in [2.05, 4.69) is 5.32 Å². The van der Waals surface area contributed by atoms with Gasteiger partial charge < -0.3 is 5.32 Å². The Morgan fingerprint density at radius 1 is 1.44 bits per heavy atom. The van der Waals surface area contributed by atoms with Crippen molar-refractivity contribution in [3.63, 3.8) is 0 Å². The average molecular weight is 216 g/mol. The summed E-state index contributed by atoms with van der Waals surface area (Å²) >= 11 is 0. The number of carbonyl (C=O) groups is 1. The zero-order valence-corrected chi connectivity index (χ0v) is 9.87. The second-order valence-electron chi connectivity index (χ2n) is 4.72. The Morgan fingerprint density at radius 3 is 2.69 bits per heavy atom. The van der Waals surface area contributed by atoms with Crippen LogP contribution in [-0.4, -0.2) is 17.9 Å². The highest BCUT2D eigenvalue weighted by Gasteiger charge is 2.12. The van der Waals surface area contributed by atoms with Gasteiger partial charge in [-0.2, -0.15) is 5.26 Å². The Morgan fingerprint density at radius 2 is 2.12 bits per heavy atom. The lowest BCUT2D eigenvalue weighted by Gasteiger charge is -2.19. The van der Waals surface area contributed by atoms with Crippen LogP contribution in [0.4, 0.5) is 0 Å². The Balaban J connectivity index is 2.71. The molecule has 0 saturated heterocycles. The minimum atomic E-state index is -0.0809. The number of rotatable bonds is 3. The molecule has 16 heavy (non-hydrogen) atoms. The van der Waals surface area contributed by atoms with Gasteiger partial charge in [0.15, 0.2) is 5.78 Å². The van der Waals surface area contributed by atoms with Crippen molar-refractivity contribution >= 4 is 5.78 Å². The van der Waals surface area contributed by atoms with Crippen LogP contribution in [0, 0.1) is 11.3 Å². The number of hydrogen-bond donors (Lipinski definition) is 1. The summed E-state index contributed by atoms with van der Waals surface area (Å²) in [6, 6.07) is 8.78. The average Bonchev–Trinajstić information content (AvgIpc) is 2.25. The summed E-state index contributed by atoms with van der Waals surface area (Å²) < 4.78 is 0. The first kappa shape index (κ1) is 12.4. The van der Waals surface area contributed by atoms with E-state index in [4.69, 9.17) is 5.26 Å². The van der Waals surface area contributed by atoms with Gasteiger partial charge in [-0.3, -0.25) is 4.79 Å². The summed E-state index contributed by atoms with van der Waals surface area (Å²) in [6.07, 6.45) is 0. The largest absolute Gasteiger partial charge is 0.305 e. The molecule has 0 unspecified atom stereocenters. The molecule has 3 nitrogen and oxygen atoms in total. The normalized spacial score (nSPS) is 10.9. The lowest BCUT2D eigenvalue weighted by molar-refractivity contribution is 0.0982. The molecule has 0 saturated carbocycles. The van der Waals surface area contributed by atoms with Crippen LogP contribution in [-0.2, 0) is 0 Å². The first-order valence-electron chi connectivity index (χ1n) is 5.21. The monoisotopic (exact) mass is 216 g/mol. The minimum Gasteiger partial charge on any atom is -0.305 e. The number of Topliss-reactive ketones (excluding diaryl/α,β-unsaturated/α-hetero) is 1. The first-order valence-corrected chi connectivity index (χ1v) is 5.21. The van der Waals surface area contributed by atoms with Gasteiger partial charge >= 0.3 is 0 Å². The second kappa shape index (κ2) is 4.91. The highest BCUT2D eigenvalue weighted by atomic mass is 16.1. The van der Waals surface area contributed by atoms with E-state index in [1.165, 1.54) is 0 Å². The van der Waals surface area contributed by atoms with Crippen LogP contribution in [0.1, 0.15) is 36.7 Å². The molecule has 0 radical (unpaired) electrons. The van der Waals surface area contributed by atoms with Gasteiger partial charge in [0.25, 0.3) is 0 Å². The molecule has 0 aliphatic carbocycles. The van der Waals surface area contributed by atoms with E-state index in [9.17, 15) is 4.79 Å². The van der Waals surface area contributed by atoms with Crippen molar-refractivity contribution in [2.75, 3.05) is 6.54 Å². The molecule has 0 spiro atoms. The smallest absolute Gasteiger partial charge is 0.176 e. The molecule has 1 N–H and O–H groups in total. The van der Waals surface area contributed by atoms with Gasteiger partial charge in [-0.1, -0.05) is 12.1 Å². The summed E-state index contributed by atoms with van der Waals surface area (Å²) in [5, 5.41) is 11.9. The number of nitrogens with zero attached hydrogens (tertiary/aromatic N) is 1. The van der Waals surface area contributed by atoms with Crippen molar-refractivity contribution in [3.8, 4) is 6.07 Å². The number of benzene rings is 1. The predicted octanol–water partition coefficient (Wildman–Crippen LogP) is 2.13. The summed E-state index contributed by atoms with van der Waals surface area (Å²) in [5.41, 5.74) is 1.01. The van der Waals surface area contributed by atoms with E-state index in [1.807, 2.05) is 26.8 Å². The molecule has 0 amide bonds. The molecule has 1 rings (SSSR count). The Labute approximate surface area is 96.1 Å². The van der Waals surface area contributed by atoms with Gasteiger partial charge in [0.1, 0.15) is 0 Å². The van der Waals surface area contributed by atoms with Crippen LogP contribution < -0.4 is 5.32 Å². The maximum absolute atomic E-state index is 11.8. The molecular formula is C13H16N2O. The van der Waals surface area contributed by atoms with Crippen LogP contribution in [0.5, 0.6) is 0 Å². The molecular weight excluding hydrogens is 200 g/mol. The van der Waals surface area contributed by atoms with Crippen molar-refractivity contribution in [1.29, 1.82) is 5.26 Å². The summed E-state index contributed by atoms with van der Waals surface area (Å²) in [7, 11) is 0. The standard InChI is InChI=1S/C13H16N2O/c1-13(2,3)15-9-12(16)11-6-4-5-10(7-11)8-14/h4-7,15H,9H2,1-3H3.